The predicted octanol–water partition coefficient (Wildman–Crippen LogP) is 4.19. The second kappa shape index (κ2) is 5.71. The van der Waals surface area contributed by atoms with Crippen molar-refractivity contribution in [1.29, 1.82) is 0 Å². The molecule has 3 nitrogen and oxygen atoms in total. The molecule has 0 saturated carbocycles. The van der Waals surface area contributed by atoms with Crippen LogP contribution in [-0.2, 0) is 0 Å². The lowest BCUT2D eigenvalue weighted by Gasteiger charge is -2.08. The predicted molar refractivity (Wildman–Crippen MR) is 80.6 cm³/mol. The Hall–Kier alpha value is -1.40. The molecule has 1 amide bonds. The third-order valence-electron chi connectivity index (χ3n) is 2.44. The van der Waals surface area contributed by atoms with E-state index in [2.05, 4.69) is 37.2 Å². The molecule has 0 radical (unpaired) electrons. The third-order valence-corrected chi connectivity index (χ3v) is 3.54. The summed E-state index contributed by atoms with van der Waals surface area (Å²) in [7, 11) is 0. The Morgan fingerprint density at radius 3 is 2.53 bits per heavy atom. The molecule has 2 aromatic rings. The monoisotopic (exact) mass is 386 g/mol. The van der Waals surface area contributed by atoms with E-state index in [1.54, 1.807) is 18.2 Å². The number of anilines is 2. The van der Waals surface area contributed by atoms with E-state index in [1.165, 1.54) is 18.2 Å². The van der Waals surface area contributed by atoms with Crippen LogP contribution in [0.15, 0.2) is 45.3 Å². The van der Waals surface area contributed by atoms with Crippen molar-refractivity contribution in [3.05, 3.63) is 56.7 Å². The highest BCUT2D eigenvalue weighted by molar-refractivity contribution is 9.10. The van der Waals surface area contributed by atoms with E-state index in [1.807, 2.05) is 0 Å². The van der Waals surface area contributed by atoms with E-state index in [-0.39, 0.29) is 16.2 Å². The molecule has 19 heavy (non-hydrogen) atoms. The number of carbonyl (C=O) groups excluding carboxylic acids is 1. The van der Waals surface area contributed by atoms with Crippen molar-refractivity contribution in [1.82, 2.24) is 0 Å². The summed E-state index contributed by atoms with van der Waals surface area (Å²) >= 11 is 6.33. The molecule has 0 fully saturated rings. The molecule has 6 heteroatoms. The van der Waals surface area contributed by atoms with Crippen LogP contribution in [0.1, 0.15) is 10.4 Å². The molecule has 0 atom stereocenters. The summed E-state index contributed by atoms with van der Waals surface area (Å²) in [6, 6.07) is 9.23. The Morgan fingerprint density at radius 2 is 1.89 bits per heavy atom. The molecule has 0 heterocycles. The number of rotatable bonds is 2. The van der Waals surface area contributed by atoms with Gasteiger partial charge in [0.2, 0.25) is 0 Å². The lowest BCUT2D eigenvalue weighted by atomic mass is 10.1. The van der Waals surface area contributed by atoms with Crippen LogP contribution < -0.4 is 11.1 Å². The quantitative estimate of drug-likeness (QED) is 0.759. The fourth-order valence-electron chi connectivity index (χ4n) is 1.51. The van der Waals surface area contributed by atoms with E-state index in [0.717, 1.165) is 4.47 Å². The summed E-state index contributed by atoms with van der Waals surface area (Å²) in [5.74, 6) is -0.732. The Labute approximate surface area is 126 Å². The van der Waals surface area contributed by atoms with Gasteiger partial charge in [-0.3, -0.25) is 4.79 Å². The number of carbonyl (C=O) groups is 1. The highest BCUT2D eigenvalue weighted by Crippen LogP contribution is 2.22. The number of benzene rings is 2. The molecular weight excluding hydrogens is 379 g/mol. The van der Waals surface area contributed by atoms with E-state index < -0.39 is 0 Å². The summed E-state index contributed by atoms with van der Waals surface area (Å²) in [4.78, 5) is 12.0. The average Bonchev–Trinajstić information content (AvgIpc) is 2.33. The Bertz CT molecular complexity index is 647. The lowest BCUT2D eigenvalue weighted by Crippen LogP contribution is -2.14. The van der Waals surface area contributed by atoms with Gasteiger partial charge in [-0.15, -0.1) is 0 Å². The van der Waals surface area contributed by atoms with E-state index in [9.17, 15) is 9.18 Å². The van der Waals surface area contributed by atoms with Crippen molar-refractivity contribution >= 4 is 49.1 Å². The second-order valence-electron chi connectivity index (χ2n) is 3.81. The highest BCUT2D eigenvalue weighted by atomic mass is 79.9. The molecular formula is C13H9Br2FN2O. The van der Waals surface area contributed by atoms with Gasteiger partial charge in [-0.2, -0.15) is 0 Å². The van der Waals surface area contributed by atoms with Crippen LogP contribution >= 0.6 is 31.9 Å². The smallest absolute Gasteiger partial charge is 0.257 e. The minimum Gasteiger partial charge on any atom is -0.398 e. The molecule has 2 rings (SSSR count). The van der Waals surface area contributed by atoms with Gasteiger partial charge in [-0.1, -0.05) is 15.9 Å². The van der Waals surface area contributed by atoms with Crippen LogP contribution in [0.4, 0.5) is 15.8 Å². The maximum absolute atomic E-state index is 13.1. The third kappa shape index (κ3) is 3.33. The number of amides is 1. The normalized spacial score (nSPS) is 10.3. The second-order valence-corrected chi connectivity index (χ2v) is 5.58. The fourth-order valence-corrected chi connectivity index (χ4v) is 2.27. The van der Waals surface area contributed by atoms with Crippen LogP contribution in [0, 0.1) is 5.82 Å². The topological polar surface area (TPSA) is 55.1 Å². The molecule has 0 aliphatic heterocycles. The van der Waals surface area contributed by atoms with E-state index in [0.29, 0.717) is 16.9 Å². The van der Waals surface area contributed by atoms with Crippen LogP contribution in [0.25, 0.3) is 0 Å². The molecule has 2 aromatic carbocycles. The van der Waals surface area contributed by atoms with Crippen molar-refractivity contribution in [3.63, 3.8) is 0 Å². The standard InChI is InChI=1S/C13H9Br2FN2O/c14-7-1-3-9(12(17)5-7)13(19)18-8-2-4-11(16)10(15)6-8/h1-6H,17H2,(H,18,19). The summed E-state index contributed by atoms with van der Waals surface area (Å²) < 4.78 is 14.2. The molecule has 0 unspecified atom stereocenters. The van der Waals surface area contributed by atoms with Gasteiger partial charge in [0.25, 0.3) is 5.91 Å². The molecule has 98 valence electrons. The average molecular weight is 388 g/mol. The minimum atomic E-state index is -0.388. The number of hydrogen-bond donors (Lipinski definition) is 2. The highest BCUT2D eigenvalue weighted by Gasteiger charge is 2.11. The molecule has 0 aliphatic carbocycles. The summed E-state index contributed by atoms with van der Waals surface area (Å²) in [5.41, 5.74) is 6.99. The summed E-state index contributed by atoms with van der Waals surface area (Å²) in [5, 5.41) is 2.66. The van der Waals surface area contributed by atoms with Gasteiger partial charge in [-0.05, 0) is 52.3 Å². The summed E-state index contributed by atoms with van der Waals surface area (Å²) in [6.07, 6.45) is 0. The Morgan fingerprint density at radius 1 is 1.16 bits per heavy atom. The van der Waals surface area contributed by atoms with Crippen LogP contribution in [0.5, 0.6) is 0 Å². The number of hydrogen-bond acceptors (Lipinski definition) is 2. The summed E-state index contributed by atoms with van der Waals surface area (Å²) in [6.45, 7) is 0. The first-order valence-electron chi connectivity index (χ1n) is 5.29. The van der Waals surface area contributed by atoms with Crippen molar-refractivity contribution in [3.8, 4) is 0 Å². The van der Waals surface area contributed by atoms with Crippen LogP contribution in [-0.4, -0.2) is 5.91 Å². The van der Waals surface area contributed by atoms with Gasteiger partial charge < -0.3 is 11.1 Å². The largest absolute Gasteiger partial charge is 0.398 e. The molecule has 3 N–H and O–H groups in total. The zero-order valence-corrected chi connectivity index (χ0v) is 12.8. The number of halogens is 3. The first kappa shape index (κ1) is 14.0. The number of nitrogens with one attached hydrogen (secondary N) is 1. The maximum Gasteiger partial charge on any atom is 0.257 e. The maximum atomic E-state index is 13.1. The number of nitrogens with two attached hydrogens (primary N) is 1. The van der Waals surface area contributed by atoms with Crippen molar-refractivity contribution in [2.24, 2.45) is 0 Å². The number of nitrogen functional groups attached to an aromatic ring is 1. The SMILES string of the molecule is Nc1cc(Br)ccc1C(=O)Nc1ccc(F)c(Br)c1. The zero-order chi connectivity index (χ0) is 14.0. The van der Waals surface area contributed by atoms with Gasteiger partial charge in [0.05, 0.1) is 10.0 Å². The molecule has 0 aromatic heterocycles. The van der Waals surface area contributed by atoms with Crippen molar-refractivity contribution in [2.45, 2.75) is 0 Å². The molecule has 0 aliphatic rings. The van der Waals surface area contributed by atoms with E-state index in [4.69, 9.17) is 5.73 Å². The Kier molecular flexibility index (Phi) is 4.21. The first-order valence-corrected chi connectivity index (χ1v) is 6.87. The van der Waals surface area contributed by atoms with Crippen molar-refractivity contribution < 1.29 is 9.18 Å². The van der Waals surface area contributed by atoms with Crippen molar-refractivity contribution in [2.75, 3.05) is 11.1 Å². The lowest BCUT2D eigenvalue weighted by molar-refractivity contribution is 0.102. The Balaban J connectivity index is 2.23. The van der Waals surface area contributed by atoms with Gasteiger partial charge in [0.15, 0.2) is 0 Å². The van der Waals surface area contributed by atoms with Gasteiger partial charge in [0.1, 0.15) is 5.82 Å². The molecule has 0 spiro atoms. The molecule has 0 saturated heterocycles. The van der Waals surface area contributed by atoms with Gasteiger partial charge in [0, 0.05) is 15.8 Å². The molecule has 0 bridgehead atoms. The fraction of sp³-hybridized carbons (Fsp3) is 0. The van der Waals surface area contributed by atoms with Gasteiger partial charge >= 0.3 is 0 Å². The van der Waals surface area contributed by atoms with E-state index >= 15 is 0 Å². The minimum absolute atomic E-state index is 0.286. The first-order chi connectivity index (χ1) is 8.97. The zero-order valence-electron chi connectivity index (χ0n) is 9.58. The van der Waals surface area contributed by atoms with Gasteiger partial charge in [-0.25, -0.2) is 4.39 Å². The van der Waals surface area contributed by atoms with Crippen LogP contribution in [0.2, 0.25) is 0 Å². The van der Waals surface area contributed by atoms with Crippen LogP contribution in [0.3, 0.4) is 0 Å².